The maximum atomic E-state index is 12.8. The van der Waals surface area contributed by atoms with E-state index in [0.29, 0.717) is 18.6 Å². The predicted molar refractivity (Wildman–Crippen MR) is 103 cm³/mol. The molecule has 28 heavy (non-hydrogen) atoms. The summed E-state index contributed by atoms with van der Waals surface area (Å²) in [5.74, 6) is 1.52. The van der Waals surface area contributed by atoms with Gasteiger partial charge in [-0.15, -0.1) is 0 Å². The van der Waals surface area contributed by atoms with Gasteiger partial charge in [-0.1, -0.05) is 0 Å². The van der Waals surface area contributed by atoms with Crippen molar-refractivity contribution in [3.05, 3.63) is 60.1 Å². The lowest BCUT2D eigenvalue weighted by Gasteiger charge is -2.37. The standard InChI is InChI=1S/C21H23N3O4/c1-24-12-15(11-22-24)20(14-9-16(25)10-14)23-21(26)19-8-7-18(28-19)13-3-5-17(27-2)6-4-13/h3-8,11-12,14,16,20,25H,9-10H2,1-2H3,(H,23,26)/t14?,16?,20-/m1/s1. The van der Waals surface area contributed by atoms with Crippen molar-refractivity contribution in [1.82, 2.24) is 15.1 Å². The predicted octanol–water partition coefficient (Wildman–Crippen LogP) is 2.93. The number of hydrogen-bond acceptors (Lipinski definition) is 5. The molecule has 2 aromatic heterocycles. The van der Waals surface area contributed by atoms with Crippen LogP contribution >= 0.6 is 0 Å². The van der Waals surface area contributed by atoms with Crippen molar-refractivity contribution in [3.8, 4) is 17.1 Å². The highest BCUT2D eigenvalue weighted by Crippen LogP contribution is 2.38. The van der Waals surface area contributed by atoms with E-state index in [0.717, 1.165) is 16.9 Å². The van der Waals surface area contributed by atoms with Gasteiger partial charge in [-0.3, -0.25) is 9.48 Å². The molecule has 1 aromatic carbocycles. The van der Waals surface area contributed by atoms with Gasteiger partial charge in [-0.2, -0.15) is 5.10 Å². The monoisotopic (exact) mass is 381 g/mol. The number of aryl methyl sites for hydroxylation is 1. The molecule has 1 atom stereocenters. The van der Waals surface area contributed by atoms with Gasteiger partial charge >= 0.3 is 0 Å². The zero-order valence-corrected chi connectivity index (χ0v) is 15.8. The number of benzene rings is 1. The number of rotatable bonds is 6. The van der Waals surface area contributed by atoms with E-state index in [4.69, 9.17) is 9.15 Å². The fourth-order valence-corrected chi connectivity index (χ4v) is 3.56. The zero-order valence-electron chi connectivity index (χ0n) is 15.8. The van der Waals surface area contributed by atoms with Crippen molar-refractivity contribution >= 4 is 5.91 Å². The second-order valence-electron chi connectivity index (χ2n) is 7.18. The fourth-order valence-electron chi connectivity index (χ4n) is 3.56. The number of aliphatic hydroxyl groups is 1. The van der Waals surface area contributed by atoms with E-state index in [-0.39, 0.29) is 29.7 Å². The molecule has 1 aliphatic rings. The molecule has 3 aromatic rings. The lowest BCUT2D eigenvalue weighted by Crippen LogP contribution is -2.41. The Morgan fingerprint density at radius 1 is 1.29 bits per heavy atom. The van der Waals surface area contributed by atoms with Gasteiger partial charge in [-0.05, 0) is 55.2 Å². The summed E-state index contributed by atoms with van der Waals surface area (Å²) in [7, 11) is 3.45. The number of amides is 1. The van der Waals surface area contributed by atoms with Crippen molar-refractivity contribution in [2.45, 2.75) is 25.0 Å². The van der Waals surface area contributed by atoms with E-state index >= 15 is 0 Å². The first-order chi connectivity index (χ1) is 13.5. The Bertz CT molecular complexity index is 954. The largest absolute Gasteiger partial charge is 0.497 e. The SMILES string of the molecule is COc1ccc(-c2ccc(C(=O)N[C@@H](c3cnn(C)c3)C3CC(O)C3)o2)cc1. The first-order valence-electron chi connectivity index (χ1n) is 9.25. The molecule has 0 unspecified atom stereocenters. The van der Waals surface area contributed by atoms with Crippen LogP contribution in [0.5, 0.6) is 5.75 Å². The number of methoxy groups -OCH3 is 1. The second kappa shape index (κ2) is 7.52. The van der Waals surface area contributed by atoms with Crippen LogP contribution < -0.4 is 10.1 Å². The highest BCUT2D eigenvalue weighted by Gasteiger charge is 2.36. The quantitative estimate of drug-likeness (QED) is 0.685. The van der Waals surface area contributed by atoms with Crippen LogP contribution in [-0.2, 0) is 7.05 Å². The van der Waals surface area contributed by atoms with Gasteiger partial charge in [0.2, 0.25) is 0 Å². The topological polar surface area (TPSA) is 89.5 Å². The second-order valence-corrected chi connectivity index (χ2v) is 7.18. The molecule has 7 heteroatoms. The maximum absolute atomic E-state index is 12.8. The normalized spacial score (nSPS) is 19.7. The number of carbonyl (C=O) groups is 1. The van der Waals surface area contributed by atoms with Crippen molar-refractivity contribution in [2.24, 2.45) is 13.0 Å². The Hall–Kier alpha value is -3.06. The number of aromatic nitrogens is 2. The minimum atomic E-state index is -0.300. The van der Waals surface area contributed by atoms with E-state index in [1.54, 1.807) is 30.1 Å². The highest BCUT2D eigenvalue weighted by molar-refractivity contribution is 5.92. The van der Waals surface area contributed by atoms with Crippen molar-refractivity contribution in [1.29, 1.82) is 0 Å². The van der Waals surface area contributed by atoms with Crippen LogP contribution in [0.3, 0.4) is 0 Å². The number of furan rings is 1. The summed E-state index contributed by atoms with van der Waals surface area (Å²) >= 11 is 0. The number of ether oxygens (including phenoxy) is 1. The molecular weight excluding hydrogens is 358 g/mol. The molecular formula is C21H23N3O4. The minimum absolute atomic E-state index is 0.180. The number of hydrogen-bond donors (Lipinski definition) is 2. The van der Waals surface area contributed by atoms with Gasteiger partial charge in [0.1, 0.15) is 11.5 Å². The van der Waals surface area contributed by atoms with Gasteiger partial charge in [0.25, 0.3) is 5.91 Å². The third-order valence-electron chi connectivity index (χ3n) is 5.20. The Kier molecular flexibility index (Phi) is 4.92. The summed E-state index contributed by atoms with van der Waals surface area (Å²) in [6.45, 7) is 0. The summed E-state index contributed by atoms with van der Waals surface area (Å²) in [5, 5.41) is 16.9. The van der Waals surface area contributed by atoms with Gasteiger partial charge < -0.3 is 19.6 Å². The number of nitrogens with one attached hydrogen (secondary N) is 1. The molecule has 0 saturated heterocycles. The zero-order chi connectivity index (χ0) is 19.7. The molecule has 1 aliphatic carbocycles. The summed E-state index contributed by atoms with van der Waals surface area (Å²) in [5.41, 5.74) is 1.79. The van der Waals surface area contributed by atoms with E-state index in [2.05, 4.69) is 10.4 Å². The molecule has 1 amide bonds. The van der Waals surface area contributed by atoms with Gasteiger partial charge in [-0.25, -0.2) is 0 Å². The lowest BCUT2D eigenvalue weighted by molar-refractivity contribution is 0.0232. The van der Waals surface area contributed by atoms with Crippen molar-refractivity contribution in [3.63, 3.8) is 0 Å². The van der Waals surface area contributed by atoms with Crippen LogP contribution in [-0.4, -0.2) is 34.0 Å². The molecule has 0 spiro atoms. The Labute approximate surface area is 162 Å². The first kappa shape index (κ1) is 18.3. The fraction of sp³-hybridized carbons (Fsp3) is 0.333. The minimum Gasteiger partial charge on any atom is -0.497 e. The van der Waals surface area contributed by atoms with Crippen molar-refractivity contribution < 1.29 is 19.1 Å². The number of nitrogens with zero attached hydrogens (tertiary/aromatic N) is 2. The molecule has 0 aliphatic heterocycles. The molecule has 4 rings (SSSR count). The van der Waals surface area contributed by atoms with Crippen molar-refractivity contribution in [2.75, 3.05) is 7.11 Å². The molecule has 2 heterocycles. The molecule has 1 fully saturated rings. The number of aliphatic hydroxyl groups excluding tert-OH is 1. The van der Waals surface area contributed by atoms with Gasteiger partial charge in [0, 0.05) is 24.4 Å². The lowest BCUT2D eigenvalue weighted by atomic mass is 9.75. The van der Waals surface area contributed by atoms with Crippen LogP contribution in [0.25, 0.3) is 11.3 Å². The third-order valence-corrected chi connectivity index (χ3v) is 5.20. The average molecular weight is 381 g/mol. The number of carbonyl (C=O) groups excluding carboxylic acids is 1. The molecule has 0 bridgehead atoms. The molecule has 7 nitrogen and oxygen atoms in total. The first-order valence-corrected chi connectivity index (χ1v) is 9.25. The van der Waals surface area contributed by atoms with Crippen LogP contribution in [0.2, 0.25) is 0 Å². The summed E-state index contributed by atoms with van der Waals surface area (Å²) in [6.07, 6.45) is 4.66. The third kappa shape index (κ3) is 3.66. The molecule has 1 saturated carbocycles. The molecule has 2 N–H and O–H groups in total. The smallest absolute Gasteiger partial charge is 0.287 e. The summed E-state index contributed by atoms with van der Waals surface area (Å²) in [4.78, 5) is 12.8. The van der Waals surface area contributed by atoms with Gasteiger partial charge in [0.05, 0.1) is 25.5 Å². The van der Waals surface area contributed by atoms with E-state index in [9.17, 15) is 9.90 Å². The Morgan fingerprint density at radius 3 is 2.64 bits per heavy atom. The molecule has 146 valence electrons. The van der Waals surface area contributed by atoms with Gasteiger partial charge in [0.15, 0.2) is 5.76 Å². The van der Waals surface area contributed by atoms with Crippen LogP contribution in [0.15, 0.2) is 53.2 Å². The van der Waals surface area contributed by atoms with Crippen LogP contribution in [0, 0.1) is 5.92 Å². The average Bonchev–Trinajstić information content (AvgIpc) is 3.33. The Balaban J connectivity index is 1.50. The van der Waals surface area contributed by atoms with E-state index in [1.165, 1.54) is 0 Å². The van der Waals surface area contributed by atoms with E-state index < -0.39 is 0 Å². The highest BCUT2D eigenvalue weighted by atomic mass is 16.5. The molecule has 0 radical (unpaired) electrons. The van der Waals surface area contributed by atoms with Crippen LogP contribution in [0.4, 0.5) is 0 Å². The van der Waals surface area contributed by atoms with Crippen LogP contribution in [0.1, 0.15) is 35.0 Å². The summed E-state index contributed by atoms with van der Waals surface area (Å²) < 4.78 is 12.6. The Morgan fingerprint density at radius 2 is 2.04 bits per heavy atom. The maximum Gasteiger partial charge on any atom is 0.287 e. The van der Waals surface area contributed by atoms with E-state index in [1.807, 2.05) is 37.5 Å². The summed E-state index contributed by atoms with van der Waals surface area (Å²) in [6, 6.07) is 10.7.